The number of carboxylic acids is 1. The van der Waals surface area contributed by atoms with Gasteiger partial charge < -0.3 is 20.2 Å². The lowest BCUT2D eigenvalue weighted by Crippen LogP contribution is -2.51. The number of rotatable bonds is 3. The number of anilines is 2. The van der Waals surface area contributed by atoms with Crippen LogP contribution >= 0.6 is 23.7 Å². The van der Waals surface area contributed by atoms with Crippen LogP contribution in [0.3, 0.4) is 0 Å². The maximum absolute atomic E-state index is 15.4. The highest BCUT2D eigenvalue weighted by atomic mass is 35.5. The van der Waals surface area contributed by atoms with Crippen LogP contribution in [0.25, 0.3) is 15.7 Å². The van der Waals surface area contributed by atoms with Crippen molar-refractivity contribution in [2.75, 3.05) is 36.5 Å². The first-order valence-corrected chi connectivity index (χ1v) is 10.5. The Balaban J connectivity index is 0.00000218. The number of piperazine rings is 1. The van der Waals surface area contributed by atoms with Crippen molar-refractivity contribution in [3.05, 3.63) is 38.7 Å². The highest BCUT2D eigenvalue weighted by Crippen LogP contribution is 2.43. The van der Waals surface area contributed by atoms with Gasteiger partial charge >= 0.3 is 5.97 Å². The van der Waals surface area contributed by atoms with Crippen LogP contribution in [-0.4, -0.2) is 48.2 Å². The zero-order valence-electron chi connectivity index (χ0n) is 16.6. The molecule has 2 aliphatic heterocycles. The molecule has 0 radical (unpaired) electrons. The highest BCUT2D eigenvalue weighted by Gasteiger charge is 2.32. The molecule has 2 aromatic heterocycles. The van der Waals surface area contributed by atoms with Gasteiger partial charge in [-0.15, -0.1) is 23.7 Å². The van der Waals surface area contributed by atoms with Crippen molar-refractivity contribution in [3.63, 3.8) is 0 Å². The van der Waals surface area contributed by atoms with E-state index in [4.69, 9.17) is 0 Å². The van der Waals surface area contributed by atoms with Gasteiger partial charge in [-0.05, 0) is 12.5 Å². The maximum atomic E-state index is 15.4. The predicted octanol–water partition coefficient (Wildman–Crippen LogP) is 2.91. The standard InChI is InChI=1S/C20H21FN4O3S.ClH/c1-3-10-7-24(5-4-22-10)16-13(21)6-12-15-17(16)23(2)8-11-9-29-19(25(11)15)14(18(12)26)20(27)28;/h6,9-10,22H,3-5,7-8H2,1-2H3,(H,27,28);1H. The fourth-order valence-electron chi connectivity index (χ4n) is 4.61. The second-order valence-corrected chi connectivity index (χ2v) is 8.55. The normalized spacial score (nSPS) is 18.3. The molecule has 1 fully saturated rings. The molecular formula is C20H22ClFN4O3S. The van der Waals surface area contributed by atoms with Crippen molar-refractivity contribution in [1.82, 2.24) is 9.72 Å². The SMILES string of the molecule is CCC1CN(c2c(F)cc3c(=O)c(C(=O)O)c4scc5n4c3c2N(C)C5)CCN1.Cl. The van der Waals surface area contributed by atoms with Crippen LogP contribution in [0.15, 0.2) is 16.2 Å². The van der Waals surface area contributed by atoms with Crippen LogP contribution in [0.1, 0.15) is 29.4 Å². The zero-order valence-corrected chi connectivity index (χ0v) is 18.2. The molecule has 160 valence electrons. The van der Waals surface area contributed by atoms with Crippen molar-refractivity contribution < 1.29 is 14.3 Å². The van der Waals surface area contributed by atoms with Gasteiger partial charge in [-0.2, -0.15) is 0 Å². The van der Waals surface area contributed by atoms with Gasteiger partial charge in [0.1, 0.15) is 16.2 Å². The topological polar surface area (TPSA) is 77.3 Å². The van der Waals surface area contributed by atoms with Gasteiger partial charge in [0.25, 0.3) is 0 Å². The van der Waals surface area contributed by atoms with Crippen LogP contribution in [0, 0.1) is 5.82 Å². The zero-order chi connectivity index (χ0) is 20.4. The highest BCUT2D eigenvalue weighted by molar-refractivity contribution is 7.16. The van der Waals surface area contributed by atoms with Crippen molar-refractivity contribution in [3.8, 4) is 0 Å². The fraction of sp³-hybridized carbons (Fsp3) is 0.400. The average molecular weight is 453 g/mol. The molecule has 3 aromatic rings. The summed E-state index contributed by atoms with van der Waals surface area (Å²) in [5, 5.41) is 15.1. The molecule has 1 atom stereocenters. The first-order valence-electron chi connectivity index (χ1n) is 9.66. The number of thiazole rings is 1. The number of hydrogen-bond donors (Lipinski definition) is 2. The Kier molecular flexibility index (Phi) is 5.16. The first kappa shape index (κ1) is 20.9. The van der Waals surface area contributed by atoms with E-state index in [0.717, 1.165) is 18.7 Å². The number of aromatic nitrogens is 1. The van der Waals surface area contributed by atoms with E-state index in [1.165, 1.54) is 17.4 Å². The Hall–Kier alpha value is -2.36. The maximum Gasteiger partial charge on any atom is 0.342 e. The van der Waals surface area contributed by atoms with Crippen molar-refractivity contribution in [2.24, 2.45) is 0 Å². The number of aromatic carboxylic acids is 1. The first-order chi connectivity index (χ1) is 13.9. The van der Waals surface area contributed by atoms with Gasteiger partial charge in [0.2, 0.25) is 5.43 Å². The van der Waals surface area contributed by atoms with E-state index in [-0.39, 0.29) is 29.4 Å². The molecule has 2 N–H and O–H groups in total. The minimum absolute atomic E-state index is 0. The van der Waals surface area contributed by atoms with Gasteiger partial charge in [-0.25, -0.2) is 9.18 Å². The van der Waals surface area contributed by atoms with Crippen LogP contribution < -0.4 is 20.5 Å². The number of carboxylic acid groups (broad SMARTS) is 1. The van der Waals surface area contributed by atoms with E-state index in [0.29, 0.717) is 41.4 Å². The molecule has 4 heterocycles. The molecule has 1 aromatic carbocycles. The van der Waals surface area contributed by atoms with Gasteiger partial charge in [0, 0.05) is 38.1 Å². The smallest absolute Gasteiger partial charge is 0.342 e. The summed E-state index contributed by atoms with van der Waals surface area (Å²) in [5.74, 6) is -1.76. The van der Waals surface area contributed by atoms with Crippen molar-refractivity contribution in [1.29, 1.82) is 0 Å². The van der Waals surface area contributed by atoms with E-state index >= 15 is 4.39 Å². The third-order valence-corrected chi connectivity index (χ3v) is 6.97. The summed E-state index contributed by atoms with van der Waals surface area (Å²) >= 11 is 1.25. The molecule has 0 spiro atoms. The Bertz CT molecular complexity index is 1240. The summed E-state index contributed by atoms with van der Waals surface area (Å²) in [4.78, 5) is 29.2. The number of nitrogens with one attached hydrogen (secondary N) is 1. The second kappa shape index (κ2) is 7.40. The average Bonchev–Trinajstić information content (AvgIpc) is 3.10. The van der Waals surface area contributed by atoms with Gasteiger partial charge in [0.15, 0.2) is 0 Å². The van der Waals surface area contributed by atoms with Crippen LogP contribution in [0.2, 0.25) is 0 Å². The predicted molar refractivity (Wildman–Crippen MR) is 120 cm³/mol. The molecule has 1 saturated heterocycles. The monoisotopic (exact) mass is 452 g/mol. The number of hydrogen-bond acceptors (Lipinski definition) is 6. The minimum Gasteiger partial charge on any atom is -0.477 e. The quantitative estimate of drug-likeness (QED) is 0.636. The van der Waals surface area contributed by atoms with Gasteiger partial charge in [-0.3, -0.25) is 9.20 Å². The molecule has 0 aliphatic carbocycles. The summed E-state index contributed by atoms with van der Waals surface area (Å²) in [7, 11) is 1.89. The molecule has 0 saturated carbocycles. The molecular weight excluding hydrogens is 431 g/mol. The van der Waals surface area contributed by atoms with E-state index in [1.807, 2.05) is 26.6 Å². The third kappa shape index (κ3) is 2.79. The Labute approximate surface area is 182 Å². The summed E-state index contributed by atoms with van der Waals surface area (Å²) in [6, 6.07) is 1.49. The lowest BCUT2D eigenvalue weighted by atomic mass is 10.0. The molecule has 0 amide bonds. The summed E-state index contributed by atoms with van der Waals surface area (Å²) in [6.45, 7) is 4.73. The minimum atomic E-state index is -1.28. The molecule has 0 bridgehead atoms. The van der Waals surface area contributed by atoms with E-state index in [2.05, 4.69) is 12.2 Å². The lowest BCUT2D eigenvalue weighted by Gasteiger charge is -2.39. The van der Waals surface area contributed by atoms with E-state index in [1.54, 1.807) is 0 Å². The Morgan fingerprint density at radius 2 is 2.17 bits per heavy atom. The fourth-order valence-corrected chi connectivity index (χ4v) is 5.65. The van der Waals surface area contributed by atoms with Crippen molar-refractivity contribution >= 4 is 56.8 Å². The van der Waals surface area contributed by atoms with E-state index < -0.39 is 17.2 Å². The number of nitrogens with zero attached hydrogens (tertiary/aromatic N) is 3. The summed E-state index contributed by atoms with van der Waals surface area (Å²) in [5.41, 5.74) is 1.74. The molecule has 30 heavy (non-hydrogen) atoms. The summed E-state index contributed by atoms with van der Waals surface area (Å²) < 4.78 is 17.3. The van der Waals surface area contributed by atoms with Crippen LogP contribution in [0.5, 0.6) is 0 Å². The van der Waals surface area contributed by atoms with Gasteiger partial charge in [-0.1, -0.05) is 6.92 Å². The molecule has 5 rings (SSSR count). The second-order valence-electron chi connectivity index (χ2n) is 7.69. The number of carbonyl (C=O) groups is 1. The third-order valence-electron chi connectivity index (χ3n) is 5.97. The van der Waals surface area contributed by atoms with Crippen LogP contribution in [-0.2, 0) is 6.54 Å². The Morgan fingerprint density at radius 3 is 2.87 bits per heavy atom. The molecule has 10 heteroatoms. The Morgan fingerprint density at radius 1 is 1.40 bits per heavy atom. The van der Waals surface area contributed by atoms with Crippen LogP contribution in [0.4, 0.5) is 15.8 Å². The number of benzene rings is 1. The van der Waals surface area contributed by atoms with E-state index in [9.17, 15) is 14.7 Å². The molecule has 7 nitrogen and oxygen atoms in total. The number of pyridine rings is 1. The van der Waals surface area contributed by atoms with Crippen molar-refractivity contribution in [2.45, 2.75) is 25.9 Å². The lowest BCUT2D eigenvalue weighted by molar-refractivity contribution is 0.0697. The number of halogens is 2. The summed E-state index contributed by atoms with van der Waals surface area (Å²) in [6.07, 6.45) is 0.942. The van der Waals surface area contributed by atoms with Gasteiger partial charge in [0.05, 0.1) is 34.5 Å². The largest absolute Gasteiger partial charge is 0.477 e. The molecule has 1 unspecified atom stereocenters. The molecule has 2 aliphatic rings.